The number of ether oxygens (including phenoxy) is 3. The summed E-state index contributed by atoms with van der Waals surface area (Å²) >= 11 is 0. The lowest BCUT2D eigenvalue weighted by molar-refractivity contribution is 0.0137. The lowest BCUT2D eigenvalue weighted by Crippen LogP contribution is -2.58. The number of guanidine groups is 1. The number of rotatable bonds is 3. The summed E-state index contributed by atoms with van der Waals surface area (Å²) in [5.74, 6) is 2.54. The smallest absolute Gasteiger partial charge is 0.410 e. The fourth-order valence-corrected chi connectivity index (χ4v) is 4.09. The third-order valence-corrected chi connectivity index (χ3v) is 5.87. The number of nitrogens with one attached hydrogen (secondary N) is 1. The third-order valence-electron chi connectivity index (χ3n) is 5.87. The van der Waals surface area contributed by atoms with Crippen molar-refractivity contribution in [1.82, 2.24) is 15.1 Å². The van der Waals surface area contributed by atoms with E-state index in [1.165, 1.54) is 5.56 Å². The van der Waals surface area contributed by atoms with Gasteiger partial charge in [0.25, 0.3) is 0 Å². The molecule has 4 rings (SSSR count). The Bertz CT molecular complexity index is 868. The van der Waals surface area contributed by atoms with E-state index in [1.807, 2.05) is 26.8 Å². The van der Waals surface area contributed by atoms with Crippen LogP contribution in [0, 0.1) is 0 Å². The molecule has 0 aromatic heterocycles. The highest BCUT2D eigenvalue weighted by molar-refractivity contribution is 14.0. The quantitative estimate of drug-likeness (QED) is 0.575. The van der Waals surface area contributed by atoms with Crippen LogP contribution in [0.3, 0.4) is 0 Å². The van der Waals surface area contributed by atoms with Crippen molar-refractivity contribution in [2.24, 2.45) is 4.99 Å². The summed E-state index contributed by atoms with van der Waals surface area (Å²) in [6.45, 7) is 14.7. The van der Waals surface area contributed by atoms with Gasteiger partial charge < -0.3 is 29.3 Å². The van der Waals surface area contributed by atoms with E-state index in [2.05, 4.69) is 36.2 Å². The van der Waals surface area contributed by atoms with Gasteiger partial charge in [-0.05, 0) is 38.5 Å². The molecule has 1 aromatic carbocycles. The number of piperazine rings is 1. The van der Waals surface area contributed by atoms with Crippen LogP contribution < -0.4 is 14.8 Å². The first-order chi connectivity index (χ1) is 14.6. The number of fused-ring (bicyclic) bond motifs is 2. The van der Waals surface area contributed by atoms with Gasteiger partial charge in [-0.1, -0.05) is 19.9 Å². The zero-order valence-electron chi connectivity index (χ0n) is 19.6. The topological polar surface area (TPSA) is 75.6 Å². The molecule has 0 bridgehead atoms. The molecule has 178 valence electrons. The second kappa shape index (κ2) is 9.52. The van der Waals surface area contributed by atoms with Crippen LogP contribution in [0.1, 0.15) is 40.2 Å². The lowest BCUT2D eigenvalue weighted by Gasteiger charge is -2.39. The molecule has 9 heteroatoms. The van der Waals surface area contributed by atoms with Crippen LogP contribution in [0.15, 0.2) is 23.2 Å². The number of halogens is 1. The van der Waals surface area contributed by atoms with Gasteiger partial charge in [0.05, 0.1) is 12.6 Å². The van der Waals surface area contributed by atoms with Crippen LogP contribution >= 0.6 is 24.0 Å². The van der Waals surface area contributed by atoms with Crippen molar-refractivity contribution in [1.29, 1.82) is 0 Å². The van der Waals surface area contributed by atoms with Crippen LogP contribution in [0.4, 0.5) is 4.79 Å². The fraction of sp³-hybridized carbons (Fsp3) is 0.652. The largest absolute Gasteiger partial charge is 0.486 e. The summed E-state index contributed by atoms with van der Waals surface area (Å²) < 4.78 is 16.9. The van der Waals surface area contributed by atoms with E-state index in [1.54, 1.807) is 4.90 Å². The molecule has 0 spiro atoms. The van der Waals surface area contributed by atoms with Gasteiger partial charge in [0.15, 0.2) is 17.5 Å². The molecule has 32 heavy (non-hydrogen) atoms. The molecule has 0 radical (unpaired) electrons. The molecular formula is C23H35IN4O4. The molecule has 1 unspecified atom stereocenters. The number of nitrogens with zero attached hydrogens (tertiary/aromatic N) is 3. The number of benzene rings is 1. The Balaban J connectivity index is 0.00000289. The van der Waals surface area contributed by atoms with Gasteiger partial charge in [0.2, 0.25) is 0 Å². The van der Waals surface area contributed by atoms with E-state index in [4.69, 9.17) is 19.2 Å². The molecule has 1 saturated heterocycles. The Hall–Kier alpha value is -1.91. The molecule has 1 atom stereocenters. The molecule has 3 heterocycles. The SMILES string of the molecule is CC(C)(C)OC(=O)N1CCN2C(NCC(C)(C)c3ccc4c(c3)OCCO4)=NCC2C1.I. The van der Waals surface area contributed by atoms with Crippen molar-refractivity contribution in [2.45, 2.75) is 51.7 Å². The molecule has 1 N–H and O–H groups in total. The number of aliphatic imine (C=N–C) groups is 1. The minimum atomic E-state index is -0.480. The summed E-state index contributed by atoms with van der Waals surface area (Å²) in [6, 6.07) is 6.37. The van der Waals surface area contributed by atoms with Crippen LogP contribution in [0.2, 0.25) is 0 Å². The van der Waals surface area contributed by atoms with Crippen molar-refractivity contribution in [3.63, 3.8) is 0 Å². The Morgan fingerprint density at radius 3 is 2.59 bits per heavy atom. The summed E-state index contributed by atoms with van der Waals surface area (Å²) in [6.07, 6.45) is -0.242. The van der Waals surface area contributed by atoms with Crippen molar-refractivity contribution >= 4 is 36.0 Å². The first kappa shape index (κ1) is 24.7. The standard InChI is InChI=1S/C23H34N4O4.HI/c1-22(2,3)31-21(28)26-8-9-27-17(14-26)13-24-20(27)25-15-23(4,5)16-6-7-18-19(12-16)30-11-10-29-18;/h6-7,12,17H,8-11,13-15H2,1-5H3,(H,24,25);1H. The maximum absolute atomic E-state index is 12.4. The normalized spacial score (nSPS) is 20.2. The molecule has 8 nitrogen and oxygen atoms in total. The van der Waals surface area contributed by atoms with Crippen LogP contribution in [0.5, 0.6) is 11.5 Å². The Labute approximate surface area is 207 Å². The third kappa shape index (κ3) is 5.52. The van der Waals surface area contributed by atoms with Gasteiger partial charge >= 0.3 is 6.09 Å². The zero-order chi connectivity index (χ0) is 22.2. The molecule has 3 aliphatic heterocycles. The maximum Gasteiger partial charge on any atom is 0.410 e. The van der Waals surface area contributed by atoms with Gasteiger partial charge in [-0.15, -0.1) is 24.0 Å². The van der Waals surface area contributed by atoms with E-state index >= 15 is 0 Å². The average molecular weight is 558 g/mol. The number of amides is 1. The minimum absolute atomic E-state index is 0. The highest BCUT2D eigenvalue weighted by Crippen LogP contribution is 2.35. The summed E-state index contributed by atoms with van der Waals surface area (Å²) in [5.41, 5.74) is 0.593. The molecule has 1 aromatic rings. The average Bonchev–Trinajstić information content (AvgIpc) is 3.13. The van der Waals surface area contributed by atoms with Crippen molar-refractivity contribution in [3.8, 4) is 11.5 Å². The monoisotopic (exact) mass is 558 g/mol. The predicted octanol–water partition coefficient (Wildman–Crippen LogP) is 3.23. The second-order valence-electron chi connectivity index (χ2n) is 10.0. The first-order valence-corrected chi connectivity index (χ1v) is 11.1. The number of hydrogen-bond acceptors (Lipinski definition) is 7. The number of carbonyl (C=O) groups excluding carboxylic acids is 1. The molecular weight excluding hydrogens is 523 g/mol. The molecule has 0 saturated carbocycles. The van der Waals surface area contributed by atoms with E-state index in [0.29, 0.717) is 32.8 Å². The highest BCUT2D eigenvalue weighted by atomic mass is 127. The number of carbonyl (C=O) groups is 1. The van der Waals surface area contributed by atoms with E-state index < -0.39 is 5.60 Å². The molecule has 1 fully saturated rings. The lowest BCUT2D eigenvalue weighted by atomic mass is 9.84. The first-order valence-electron chi connectivity index (χ1n) is 11.1. The van der Waals surface area contributed by atoms with Gasteiger partial charge in [0.1, 0.15) is 18.8 Å². The maximum atomic E-state index is 12.4. The van der Waals surface area contributed by atoms with Crippen molar-refractivity contribution < 1.29 is 19.0 Å². The van der Waals surface area contributed by atoms with Crippen molar-refractivity contribution in [3.05, 3.63) is 23.8 Å². The minimum Gasteiger partial charge on any atom is -0.486 e. The Kier molecular flexibility index (Phi) is 7.36. The van der Waals surface area contributed by atoms with Gasteiger partial charge in [0, 0.05) is 31.6 Å². The fourth-order valence-electron chi connectivity index (χ4n) is 4.09. The predicted molar refractivity (Wildman–Crippen MR) is 134 cm³/mol. The summed E-state index contributed by atoms with van der Waals surface area (Å²) in [4.78, 5) is 21.2. The molecule has 3 aliphatic rings. The zero-order valence-corrected chi connectivity index (χ0v) is 22.0. The van der Waals surface area contributed by atoms with Crippen LogP contribution in [-0.2, 0) is 10.2 Å². The highest BCUT2D eigenvalue weighted by Gasteiger charge is 2.37. The van der Waals surface area contributed by atoms with E-state index in [0.717, 1.165) is 30.5 Å². The molecule has 1 amide bonds. The van der Waals surface area contributed by atoms with Crippen LogP contribution in [-0.4, -0.2) is 79.4 Å². The summed E-state index contributed by atoms with van der Waals surface area (Å²) in [7, 11) is 0. The van der Waals surface area contributed by atoms with Crippen molar-refractivity contribution in [2.75, 3.05) is 45.9 Å². The molecule has 0 aliphatic carbocycles. The Morgan fingerprint density at radius 1 is 1.16 bits per heavy atom. The number of hydrogen-bond donors (Lipinski definition) is 1. The van der Waals surface area contributed by atoms with E-state index in [9.17, 15) is 4.79 Å². The summed E-state index contributed by atoms with van der Waals surface area (Å²) in [5, 5.41) is 3.55. The van der Waals surface area contributed by atoms with Gasteiger partial charge in [-0.2, -0.15) is 0 Å². The van der Waals surface area contributed by atoms with Gasteiger partial charge in [-0.25, -0.2) is 4.79 Å². The van der Waals surface area contributed by atoms with E-state index in [-0.39, 0.29) is 41.5 Å². The Morgan fingerprint density at radius 2 is 1.88 bits per heavy atom. The van der Waals surface area contributed by atoms with Crippen LogP contribution in [0.25, 0.3) is 0 Å². The van der Waals surface area contributed by atoms with Gasteiger partial charge in [-0.3, -0.25) is 4.99 Å². The second-order valence-corrected chi connectivity index (χ2v) is 10.0.